The molecule has 1 N–H and O–H groups in total. The van der Waals surface area contributed by atoms with Crippen LogP contribution in [-0.2, 0) is 23.2 Å². The minimum Gasteiger partial charge on any atom is -0.337 e. The lowest BCUT2D eigenvalue weighted by molar-refractivity contribution is -0.138. The van der Waals surface area contributed by atoms with E-state index in [1.807, 2.05) is 44.8 Å². The molecule has 1 aromatic heterocycles. The molecular weight excluding hydrogens is 378 g/mol. The van der Waals surface area contributed by atoms with Crippen LogP contribution in [0.3, 0.4) is 0 Å². The van der Waals surface area contributed by atoms with Crippen LogP contribution < -0.4 is 5.32 Å². The van der Waals surface area contributed by atoms with Crippen LogP contribution in [0.4, 0.5) is 5.69 Å². The fraction of sp³-hybridized carbons (Fsp3) is 0.522. The second-order valence-electron chi connectivity index (χ2n) is 8.52. The summed E-state index contributed by atoms with van der Waals surface area (Å²) in [6.07, 6.45) is 5.38. The van der Waals surface area contributed by atoms with Gasteiger partial charge in [-0.1, -0.05) is 17.7 Å². The molecule has 1 aliphatic heterocycles. The number of aromatic nitrogens is 2. The number of rotatable bonds is 6. The molecule has 0 unspecified atom stereocenters. The first-order valence-electron chi connectivity index (χ1n) is 10.6. The van der Waals surface area contributed by atoms with Crippen molar-refractivity contribution in [3.63, 3.8) is 0 Å². The fourth-order valence-corrected chi connectivity index (χ4v) is 4.25. The Morgan fingerprint density at radius 2 is 1.80 bits per heavy atom. The van der Waals surface area contributed by atoms with Gasteiger partial charge in [-0.25, -0.2) is 4.98 Å². The third-order valence-corrected chi connectivity index (χ3v) is 5.92. The van der Waals surface area contributed by atoms with Crippen LogP contribution in [-0.4, -0.2) is 57.8 Å². The Hall–Kier alpha value is -2.67. The van der Waals surface area contributed by atoms with Gasteiger partial charge in [0.05, 0.1) is 13.1 Å². The first kappa shape index (κ1) is 22.0. The van der Waals surface area contributed by atoms with E-state index in [9.17, 15) is 9.59 Å². The highest BCUT2D eigenvalue weighted by Crippen LogP contribution is 2.23. The fourth-order valence-electron chi connectivity index (χ4n) is 4.25. The van der Waals surface area contributed by atoms with Gasteiger partial charge in [0.15, 0.2) is 0 Å². The van der Waals surface area contributed by atoms with Gasteiger partial charge in [0.1, 0.15) is 5.82 Å². The number of imidazole rings is 1. The quantitative estimate of drug-likeness (QED) is 0.793. The number of anilines is 1. The number of hydrogen-bond acceptors (Lipinski definition) is 4. The summed E-state index contributed by atoms with van der Waals surface area (Å²) in [5.41, 5.74) is 4.09. The number of nitrogens with zero attached hydrogens (tertiary/aromatic N) is 4. The van der Waals surface area contributed by atoms with Crippen molar-refractivity contribution >= 4 is 17.5 Å². The van der Waals surface area contributed by atoms with Crippen LogP contribution in [0.15, 0.2) is 24.5 Å². The number of amides is 2. The SMILES string of the molecule is Cc1cc(C)c(NC(=O)CN(C)C(=O)C2CCN(Cc3nccn3C)CC2)c(C)c1. The number of carbonyl (C=O) groups excluding carboxylic acids is 2. The number of benzene rings is 1. The van der Waals surface area contributed by atoms with Gasteiger partial charge in [-0.15, -0.1) is 0 Å². The maximum atomic E-state index is 12.9. The lowest BCUT2D eigenvalue weighted by Gasteiger charge is -2.32. The number of likely N-dealkylation sites (tertiary alicyclic amines) is 1. The first-order chi connectivity index (χ1) is 14.2. The molecular formula is C23H33N5O2. The molecule has 2 heterocycles. The van der Waals surface area contributed by atoms with Crippen molar-refractivity contribution in [2.24, 2.45) is 13.0 Å². The van der Waals surface area contributed by atoms with Gasteiger partial charge in [-0.05, 0) is 57.8 Å². The highest BCUT2D eigenvalue weighted by Gasteiger charge is 2.28. The minimum atomic E-state index is -0.159. The molecule has 0 atom stereocenters. The van der Waals surface area contributed by atoms with Crippen LogP contribution in [0.25, 0.3) is 0 Å². The third-order valence-electron chi connectivity index (χ3n) is 5.92. The molecule has 0 spiro atoms. The van der Waals surface area contributed by atoms with E-state index in [2.05, 4.69) is 27.3 Å². The molecule has 3 rings (SSSR count). The van der Waals surface area contributed by atoms with E-state index in [0.29, 0.717) is 0 Å². The lowest BCUT2D eigenvalue weighted by Crippen LogP contribution is -2.43. The Kier molecular flexibility index (Phi) is 6.92. The summed E-state index contributed by atoms with van der Waals surface area (Å²) in [6.45, 7) is 8.62. The van der Waals surface area contributed by atoms with E-state index >= 15 is 0 Å². The van der Waals surface area contributed by atoms with Crippen molar-refractivity contribution in [2.75, 3.05) is 32.0 Å². The molecule has 0 radical (unpaired) electrons. The van der Waals surface area contributed by atoms with Crippen LogP contribution in [0.1, 0.15) is 35.4 Å². The van der Waals surface area contributed by atoms with Gasteiger partial charge in [-0.3, -0.25) is 14.5 Å². The third kappa shape index (κ3) is 5.27. The minimum absolute atomic E-state index is 0.0248. The van der Waals surface area contributed by atoms with E-state index < -0.39 is 0 Å². The Bertz CT molecular complexity index is 889. The van der Waals surface area contributed by atoms with Crippen LogP contribution in [0.2, 0.25) is 0 Å². The molecule has 7 heteroatoms. The van der Waals surface area contributed by atoms with Gasteiger partial charge in [-0.2, -0.15) is 0 Å². The van der Waals surface area contributed by atoms with E-state index in [-0.39, 0.29) is 24.3 Å². The van der Waals surface area contributed by atoms with E-state index in [1.165, 1.54) is 5.56 Å². The zero-order valence-electron chi connectivity index (χ0n) is 18.7. The Balaban J connectivity index is 1.49. The standard InChI is InChI=1S/C23H33N5O2/c1-16-12-17(2)22(18(3)13-16)25-21(29)15-27(5)23(30)19-6-9-28(10-7-19)14-20-24-8-11-26(20)4/h8,11-13,19H,6-7,9-10,14-15H2,1-5H3,(H,25,29). The molecule has 0 bridgehead atoms. The number of nitrogens with one attached hydrogen (secondary N) is 1. The second-order valence-corrected chi connectivity index (χ2v) is 8.52. The van der Waals surface area contributed by atoms with Gasteiger partial charge in [0.25, 0.3) is 0 Å². The number of likely N-dealkylation sites (N-methyl/N-ethyl adjacent to an activating group) is 1. The maximum Gasteiger partial charge on any atom is 0.243 e. The highest BCUT2D eigenvalue weighted by molar-refractivity contribution is 5.96. The molecule has 2 aromatic rings. The normalized spacial score (nSPS) is 15.2. The number of carbonyl (C=O) groups is 2. The summed E-state index contributed by atoms with van der Waals surface area (Å²) in [7, 11) is 3.72. The summed E-state index contributed by atoms with van der Waals surface area (Å²) >= 11 is 0. The molecule has 1 fully saturated rings. The lowest BCUT2D eigenvalue weighted by atomic mass is 9.95. The van der Waals surface area contributed by atoms with Gasteiger partial charge < -0.3 is 14.8 Å². The van der Waals surface area contributed by atoms with Crippen molar-refractivity contribution in [3.05, 3.63) is 47.0 Å². The Labute approximate surface area is 179 Å². The zero-order chi connectivity index (χ0) is 21.8. The van der Waals surface area contributed by atoms with E-state index in [4.69, 9.17) is 0 Å². The molecule has 0 aliphatic carbocycles. The molecule has 2 amide bonds. The van der Waals surface area contributed by atoms with Crippen LogP contribution in [0.5, 0.6) is 0 Å². The van der Waals surface area contributed by atoms with Crippen molar-refractivity contribution in [1.29, 1.82) is 0 Å². The summed E-state index contributed by atoms with van der Waals surface area (Å²) in [5.74, 6) is 0.908. The molecule has 1 aromatic carbocycles. The van der Waals surface area contributed by atoms with Crippen molar-refractivity contribution in [3.8, 4) is 0 Å². The predicted molar refractivity (Wildman–Crippen MR) is 118 cm³/mol. The molecule has 30 heavy (non-hydrogen) atoms. The van der Waals surface area contributed by atoms with Crippen LogP contribution >= 0.6 is 0 Å². The average molecular weight is 412 g/mol. The number of piperidine rings is 1. The Morgan fingerprint density at radius 3 is 2.37 bits per heavy atom. The topological polar surface area (TPSA) is 70.5 Å². The van der Waals surface area contributed by atoms with E-state index in [1.54, 1.807) is 11.9 Å². The average Bonchev–Trinajstić information content (AvgIpc) is 3.09. The van der Waals surface area contributed by atoms with Gasteiger partial charge in [0, 0.05) is 38.1 Å². The summed E-state index contributed by atoms with van der Waals surface area (Å²) < 4.78 is 2.03. The molecule has 7 nitrogen and oxygen atoms in total. The molecule has 162 valence electrons. The molecule has 1 saturated heterocycles. The second kappa shape index (κ2) is 9.43. The van der Waals surface area contributed by atoms with E-state index in [0.717, 1.165) is 55.1 Å². The summed E-state index contributed by atoms with van der Waals surface area (Å²) in [4.78, 5) is 33.7. The largest absolute Gasteiger partial charge is 0.337 e. The Morgan fingerprint density at radius 1 is 1.17 bits per heavy atom. The van der Waals surface area contributed by atoms with Gasteiger partial charge in [0.2, 0.25) is 11.8 Å². The monoisotopic (exact) mass is 411 g/mol. The summed E-state index contributed by atoms with van der Waals surface area (Å²) in [5, 5.41) is 2.98. The summed E-state index contributed by atoms with van der Waals surface area (Å²) in [6, 6.07) is 4.10. The highest BCUT2D eigenvalue weighted by atomic mass is 16.2. The smallest absolute Gasteiger partial charge is 0.243 e. The van der Waals surface area contributed by atoms with Crippen molar-refractivity contribution in [1.82, 2.24) is 19.4 Å². The maximum absolute atomic E-state index is 12.9. The van der Waals surface area contributed by atoms with Crippen molar-refractivity contribution in [2.45, 2.75) is 40.2 Å². The predicted octanol–water partition coefficient (Wildman–Crippen LogP) is 2.65. The number of aryl methyl sites for hydroxylation is 4. The molecule has 1 aliphatic rings. The first-order valence-corrected chi connectivity index (χ1v) is 10.6. The number of hydrogen-bond donors (Lipinski definition) is 1. The van der Waals surface area contributed by atoms with Crippen LogP contribution in [0, 0.1) is 26.7 Å². The van der Waals surface area contributed by atoms with Gasteiger partial charge >= 0.3 is 0 Å². The molecule has 0 saturated carbocycles. The van der Waals surface area contributed by atoms with Crippen molar-refractivity contribution < 1.29 is 9.59 Å². The zero-order valence-corrected chi connectivity index (χ0v) is 18.7.